The zero-order valence-electron chi connectivity index (χ0n) is 11.3. The van der Waals surface area contributed by atoms with Crippen LogP contribution in [0.4, 0.5) is 29.0 Å². The predicted octanol–water partition coefficient (Wildman–Crippen LogP) is 1.23. The van der Waals surface area contributed by atoms with Crippen LogP contribution < -0.4 is 18.0 Å². The maximum atomic E-state index is 13.4. The van der Waals surface area contributed by atoms with Crippen molar-refractivity contribution in [3.8, 4) is 0 Å². The Morgan fingerprint density at radius 2 is 1.48 bits per heavy atom. The summed E-state index contributed by atoms with van der Waals surface area (Å²) < 4.78 is 122. The van der Waals surface area contributed by atoms with E-state index >= 15 is 0 Å². The number of rotatable bonds is 3. The van der Waals surface area contributed by atoms with Gasteiger partial charge in [-0.25, -0.2) is 8.42 Å². The third kappa shape index (κ3) is 6.37. The molecule has 1 rings (SSSR count). The number of benzene rings is 1. The van der Waals surface area contributed by atoms with Crippen molar-refractivity contribution in [2.75, 3.05) is 4.43 Å². The molecule has 23 heavy (non-hydrogen) atoms. The minimum Gasteiger partial charge on any atom is -0.741 e. The molecule has 0 aromatic heterocycles. The van der Waals surface area contributed by atoms with Gasteiger partial charge in [-0.2, -0.15) is 13.2 Å². The molecule has 0 spiro atoms. The van der Waals surface area contributed by atoms with Gasteiger partial charge in [0.05, 0.1) is 0 Å². The van der Waals surface area contributed by atoms with E-state index in [1.54, 1.807) is 0 Å². The summed E-state index contributed by atoms with van der Waals surface area (Å²) in [4.78, 5) is 0. The molecule has 0 radical (unpaired) electrons. The van der Waals surface area contributed by atoms with E-state index in [9.17, 15) is 29.0 Å². The maximum Gasteiger partial charge on any atom is 0.485 e. The minimum atomic E-state index is -9.22. The second-order valence-corrected chi connectivity index (χ2v) is 14.3. The fraction of sp³-hybridized carbons (Fsp3) is 0.400. The molecule has 0 saturated carbocycles. The summed E-state index contributed by atoms with van der Waals surface area (Å²) in [6.45, 7) is 1.22. The first-order chi connectivity index (χ1) is 9.84. The predicted molar refractivity (Wildman–Crippen MR) is 60.4 cm³/mol. The molecule has 3 nitrogen and oxygen atoms in total. The molecule has 13 heteroatoms. The zero-order valence-corrected chi connectivity index (χ0v) is 14.2. The van der Waals surface area contributed by atoms with Gasteiger partial charge in [-0.05, 0) is 0 Å². The van der Waals surface area contributed by atoms with Gasteiger partial charge in [0.25, 0.3) is 0 Å². The molecule has 0 bridgehead atoms. The van der Waals surface area contributed by atoms with Gasteiger partial charge >= 0.3 is 90.7 Å². The molecule has 0 aliphatic rings. The molecule has 0 unspecified atom stereocenters. The molecule has 0 saturated heterocycles. The van der Waals surface area contributed by atoms with Crippen molar-refractivity contribution >= 4 is 10.1 Å². The summed E-state index contributed by atoms with van der Waals surface area (Å²) in [6, 6.07) is 3.21. The summed E-state index contributed by atoms with van der Waals surface area (Å²) >= 11 is -9.22. The first kappa shape index (κ1) is 22.3. The molecule has 0 fully saturated rings. The topological polar surface area (TPSA) is 57.2 Å². The van der Waals surface area contributed by atoms with Gasteiger partial charge in [0.1, 0.15) is 0 Å². The fourth-order valence-electron chi connectivity index (χ4n) is 1.26. The summed E-state index contributed by atoms with van der Waals surface area (Å²) in [6.07, 6.45) is -0.378. The molecule has 0 aliphatic carbocycles. The van der Waals surface area contributed by atoms with E-state index in [1.807, 2.05) is 0 Å². The maximum absolute atomic E-state index is 13.4. The third-order valence-electron chi connectivity index (χ3n) is 2.13. The minimum absolute atomic E-state index is 0.378. The Kier molecular flexibility index (Phi) is 5.80. The Morgan fingerprint density at radius 1 is 1.09 bits per heavy atom. The van der Waals surface area contributed by atoms with Crippen LogP contribution in [0.5, 0.6) is 0 Å². The normalized spacial score (nSPS) is 15.9. The van der Waals surface area contributed by atoms with Gasteiger partial charge in [0.15, 0.2) is 10.1 Å². The van der Waals surface area contributed by atoms with Crippen molar-refractivity contribution in [3.63, 3.8) is 0 Å². The van der Waals surface area contributed by atoms with E-state index in [0.29, 0.717) is 12.1 Å². The van der Waals surface area contributed by atoms with Crippen molar-refractivity contribution in [3.05, 3.63) is 33.7 Å². The first-order valence-corrected chi connectivity index (χ1v) is 12.8. The van der Waals surface area contributed by atoms with Gasteiger partial charge in [-0.3, -0.25) is 0 Å². The standard InChI is InChI=1S/C9H11F5I.CHF3O3S/c1-2-7-15(11,12,13,14)9-6-4-3-5-8(9)10;2-1(3,4)8(5,6)7/h3-6H,2,7H2,1H3;(H,5,6,7)/q+1;/p-1. The van der Waals surface area contributed by atoms with Crippen LogP contribution in [0.3, 0.4) is 0 Å². The summed E-state index contributed by atoms with van der Waals surface area (Å²) in [5.74, 6) is -1.52. The molecule has 1 aromatic carbocycles. The summed E-state index contributed by atoms with van der Waals surface area (Å²) in [5, 5.41) is 0. The van der Waals surface area contributed by atoms with Crippen molar-refractivity contribution in [2.45, 2.75) is 18.9 Å². The van der Waals surface area contributed by atoms with E-state index in [4.69, 9.17) is 13.0 Å². The van der Waals surface area contributed by atoms with Crippen molar-refractivity contribution in [1.82, 2.24) is 0 Å². The van der Waals surface area contributed by atoms with Gasteiger partial charge in [0, 0.05) is 0 Å². The SMILES string of the molecule is CCC[I+](F)(F)(F)(F)c1ccccc1F.O=S(=O)([O-])C(F)(F)F. The zero-order chi connectivity index (χ0) is 18.8. The monoisotopic (exact) mass is 490 g/mol. The summed E-state index contributed by atoms with van der Waals surface area (Å²) in [7, 11) is -6.09. The second-order valence-electron chi connectivity index (χ2n) is 4.15. The van der Waals surface area contributed by atoms with E-state index < -0.39 is 47.4 Å². The Morgan fingerprint density at radius 3 is 1.78 bits per heavy atom. The van der Waals surface area contributed by atoms with Crippen molar-refractivity contribution in [1.29, 1.82) is 0 Å². The van der Waals surface area contributed by atoms with Crippen molar-refractivity contribution < 1.29 is 59.9 Å². The Bertz CT molecular complexity index is 664. The van der Waals surface area contributed by atoms with Crippen LogP contribution in [0.1, 0.15) is 13.3 Å². The number of hydrogen-bond acceptors (Lipinski definition) is 3. The third-order valence-corrected chi connectivity index (χ3v) is 9.40. The van der Waals surface area contributed by atoms with Crippen LogP contribution in [0, 0.1) is 9.39 Å². The quantitative estimate of drug-likeness (QED) is 0.211. The van der Waals surface area contributed by atoms with Crippen LogP contribution in [0.15, 0.2) is 24.3 Å². The average molecular weight is 490 g/mol. The van der Waals surface area contributed by atoms with Crippen LogP contribution in [-0.4, -0.2) is 22.9 Å². The van der Waals surface area contributed by atoms with E-state index in [0.717, 1.165) is 12.1 Å². The number of hydrogen-bond donors (Lipinski definition) is 0. The number of halogens is 9. The molecule has 138 valence electrons. The molecule has 0 amide bonds. The molecule has 1 aromatic rings. The van der Waals surface area contributed by atoms with Gasteiger partial charge in [-0.1, -0.05) is 0 Å². The largest absolute Gasteiger partial charge is 0.741 e. The second kappa shape index (κ2) is 5.98. The van der Waals surface area contributed by atoms with Crippen LogP contribution >= 0.6 is 0 Å². The Hall–Kier alpha value is -0.700. The van der Waals surface area contributed by atoms with Crippen molar-refractivity contribution in [2.24, 2.45) is 0 Å². The molecule has 0 N–H and O–H groups in total. The van der Waals surface area contributed by atoms with Crippen LogP contribution in [0.25, 0.3) is 0 Å². The molecular weight excluding hydrogens is 479 g/mol. The molecule has 0 atom stereocenters. The van der Waals surface area contributed by atoms with Crippen LogP contribution in [0.2, 0.25) is 0 Å². The molecule has 0 aliphatic heterocycles. The smallest absolute Gasteiger partial charge is 0.485 e. The molecule has 0 heterocycles. The van der Waals surface area contributed by atoms with Gasteiger partial charge < -0.3 is 4.55 Å². The van der Waals surface area contributed by atoms with E-state index in [2.05, 4.69) is 0 Å². The van der Waals surface area contributed by atoms with E-state index in [1.165, 1.54) is 6.92 Å². The van der Waals surface area contributed by atoms with Crippen LogP contribution in [-0.2, 0) is 10.1 Å². The Labute approximate surface area is 127 Å². The Balaban J connectivity index is 0.000000515. The average Bonchev–Trinajstić information content (AvgIpc) is 2.25. The number of alkyl halides is 4. The van der Waals surface area contributed by atoms with E-state index in [-0.39, 0.29) is 6.42 Å². The first-order valence-electron chi connectivity index (χ1n) is 5.52. The van der Waals surface area contributed by atoms with Gasteiger partial charge in [-0.15, -0.1) is 0 Å². The van der Waals surface area contributed by atoms with Gasteiger partial charge in [0.2, 0.25) is 0 Å². The fourth-order valence-corrected chi connectivity index (χ4v) is 6.34. The molecular formula is C10H11F8IO3S. The summed E-state index contributed by atoms with van der Waals surface area (Å²) in [5.41, 5.74) is -5.65.